The van der Waals surface area contributed by atoms with Gasteiger partial charge in [-0.15, -0.1) is 0 Å². The van der Waals surface area contributed by atoms with Gasteiger partial charge in [-0.05, 0) is 77.0 Å². The van der Waals surface area contributed by atoms with Crippen molar-refractivity contribution in [2.45, 2.75) is 413 Å². The van der Waals surface area contributed by atoms with E-state index >= 15 is 0 Å². The molecule has 3 rings (SSSR count). The number of allylic oxidation sites excluding steroid dienone is 9. The Balaban J connectivity index is 1.30. The van der Waals surface area contributed by atoms with Gasteiger partial charge in [-0.25, -0.2) is 0 Å². The lowest BCUT2D eigenvalue weighted by Gasteiger charge is -2.48. The number of ether oxygens (including phenoxy) is 6. The lowest BCUT2D eigenvalue weighted by Crippen LogP contribution is -2.66. The lowest BCUT2D eigenvalue weighted by molar-refractivity contribution is -0.379. The molecule has 1 amide bonds. The minimum Gasteiger partial charge on any atom is -0.394 e. The zero-order chi connectivity index (χ0) is 71.8. The van der Waals surface area contributed by atoms with Crippen molar-refractivity contribution in [3.8, 4) is 0 Å². The van der Waals surface area contributed by atoms with Crippen LogP contribution in [0.25, 0.3) is 0 Å². The van der Waals surface area contributed by atoms with Crippen LogP contribution in [0.15, 0.2) is 60.8 Å². The van der Waals surface area contributed by atoms with Crippen molar-refractivity contribution in [2.24, 2.45) is 0 Å². The van der Waals surface area contributed by atoms with Crippen LogP contribution in [-0.4, -0.2) is 193 Å². The summed E-state index contributed by atoms with van der Waals surface area (Å²) < 4.78 is 34.4. The largest absolute Gasteiger partial charge is 0.394 e. The Morgan fingerprint density at radius 3 is 1.07 bits per heavy atom. The van der Waals surface area contributed by atoms with Gasteiger partial charge in [0.25, 0.3) is 0 Å². The summed E-state index contributed by atoms with van der Waals surface area (Å²) in [5, 5.41) is 121. The van der Waals surface area contributed by atoms with E-state index in [0.717, 1.165) is 51.4 Å². The smallest absolute Gasteiger partial charge is 0.220 e. The summed E-state index contributed by atoms with van der Waals surface area (Å²) in [6, 6.07) is -0.996. The van der Waals surface area contributed by atoms with Crippen LogP contribution in [0.3, 0.4) is 0 Å². The highest BCUT2D eigenvalue weighted by Gasteiger charge is 2.54. The van der Waals surface area contributed by atoms with E-state index in [1.165, 1.54) is 225 Å². The first kappa shape index (κ1) is 90.7. The molecule has 3 aliphatic rings. The molecular formula is C80H145NO18. The predicted octanol–water partition coefficient (Wildman–Crippen LogP) is 13.1. The molecule has 19 nitrogen and oxygen atoms in total. The number of rotatable bonds is 63. The average molecular weight is 1410 g/mol. The number of nitrogens with one attached hydrogen (secondary N) is 1. The van der Waals surface area contributed by atoms with Gasteiger partial charge in [0.15, 0.2) is 18.9 Å². The molecule has 3 aliphatic heterocycles. The van der Waals surface area contributed by atoms with Gasteiger partial charge in [0.1, 0.15) is 73.2 Å². The molecule has 17 atom stereocenters. The van der Waals surface area contributed by atoms with Crippen LogP contribution in [-0.2, 0) is 33.2 Å². The van der Waals surface area contributed by atoms with Gasteiger partial charge in [-0.3, -0.25) is 4.79 Å². The van der Waals surface area contributed by atoms with E-state index < -0.39 is 124 Å². The highest BCUT2D eigenvalue weighted by Crippen LogP contribution is 2.33. The minimum atomic E-state index is -1.98. The summed E-state index contributed by atoms with van der Waals surface area (Å²) in [7, 11) is 0. The lowest BCUT2D eigenvalue weighted by atomic mass is 9.96. The highest BCUT2D eigenvalue weighted by atomic mass is 16.8. The van der Waals surface area contributed by atoms with E-state index in [4.69, 9.17) is 28.4 Å². The molecule has 0 saturated carbocycles. The SMILES string of the molecule is CCCCCCC/C=C\C/C=C\CCCCCCCCCCCCCCCCCCCCCCCCCCCCCC(=O)NC(COC1OC(CO)C(OC2OC(CO)C(OC3OC(CO)C(O)C(O)C3O)C(O)C2O)C(O)C1O)C(O)/C=C/CC/C=C/CC/C=C/CCCCCCC. The van der Waals surface area contributed by atoms with Crippen molar-refractivity contribution in [1.82, 2.24) is 5.32 Å². The quantitative estimate of drug-likeness (QED) is 0.0199. The Morgan fingerprint density at radius 2 is 0.677 bits per heavy atom. The molecule has 578 valence electrons. The van der Waals surface area contributed by atoms with Gasteiger partial charge in [0.2, 0.25) is 5.91 Å². The molecule has 0 spiro atoms. The van der Waals surface area contributed by atoms with E-state index in [9.17, 15) is 61.0 Å². The minimum absolute atomic E-state index is 0.234. The normalized spacial score (nSPS) is 26.9. The van der Waals surface area contributed by atoms with E-state index in [0.29, 0.717) is 12.8 Å². The molecule has 0 bridgehead atoms. The Morgan fingerprint density at radius 1 is 0.364 bits per heavy atom. The third kappa shape index (κ3) is 41.1. The van der Waals surface area contributed by atoms with Crippen molar-refractivity contribution in [1.29, 1.82) is 0 Å². The van der Waals surface area contributed by atoms with Crippen LogP contribution >= 0.6 is 0 Å². The van der Waals surface area contributed by atoms with Crippen molar-refractivity contribution in [3.63, 3.8) is 0 Å². The number of carbonyl (C=O) groups is 1. The zero-order valence-corrected chi connectivity index (χ0v) is 61.7. The van der Waals surface area contributed by atoms with Crippen molar-refractivity contribution < 1.29 is 89.4 Å². The van der Waals surface area contributed by atoms with Crippen molar-refractivity contribution in [3.05, 3.63) is 60.8 Å². The molecule has 3 saturated heterocycles. The molecular weight excluding hydrogens is 1260 g/mol. The second-order valence-corrected chi connectivity index (χ2v) is 28.5. The first-order valence-electron chi connectivity index (χ1n) is 40.0. The maximum absolute atomic E-state index is 13.4. The molecule has 3 fully saturated rings. The van der Waals surface area contributed by atoms with Crippen LogP contribution in [0.2, 0.25) is 0 Å². The van der Waals surface area contributed by atoms with E-state index in [2.05, 4.69) is 67.8 Å². The first-order valence-corrected chi connectivity index (χ1v) is 40.0. The number of amides is 1. The standard InChI is InChI=1S/C80H145NO18/c1-3-5-7-9-11-13-15-17-19-20-21-22-23-24-25-26-27-28-29-30-31-32-33-34-35-36-37-38-39-40-41-42-44-46-48-50-52-54-56-58-68(86)81-63(64(85)57-55-53-51-49-47-45-43-18-16-14-12-10-8-6-4-2)62-94-78-74(92)71(89)76(66(60-83)96-78)99-80-75(93)72(90)77(67(61-84)97-80)98-79-73(91)70(88)69(87)65(59-82)95-79/h15-18,20-21,47,49,55,57,63-67,69-80,82-85,87-93H,3-14,19,22-46,48,50-54,56,58-62H2,1-2H3,(H,81,86)/b17-15-,18-16+,21-20-,49-47+,57-55+. The summed E-state index contributed by atoms with van der Waals surface area (Å²) >= 11 is 0. The fourth-order valence-electron chi connectivity index (χ4n) is 13.3. The van der Waals surface area contributed by atoms with Crippen LogP contribution in [0.4, 0.5) is 0 Å². The Labute approximate surface area is 598 Å². The molecule has 99 heavy (non-hydrogen) atoms. The summed E-state index contributed by atoms with van der Waals surface area (Å²) in [4.78, 5) is 13.4. The Kier molecular flexibility index (Phi) is 55.6. The third-order valence-electron chi connectivity index (χ3n) is 19.8. The molecule has 0 radical (unpaired) electrons. The number of aliphatic hydroxyl groups excluding tert-OH is 11. The third-order valence-corrected chi connectivity index (χ3v) is 19.8. The molecule has 0 aliphatic carbocycles. The molecule has 3 heterocycles. The van der Waals surface area contributed by atoms with Crippen molar-refractivity contribution >= 4 is 5.91 Å². The zero-order valence-electron chi connectivity index (χ0n) is 61.7. The topological polar surface area (TPSA) is 307 Å². The highest BCUT2D eigenvalue weighted by molar-refractivity contribution is 5.76. The van der Waals surface area contributed by atoms with Gasteiger partial charge >= 0.3 is 0 Å². The van der Waals surface area contributed by atoms with E-state index in [1.54, 1.807) is 6.08 Å². The van der Waals surface area contributed by atoms with Crippen LogP contribution in [0.1, 0.15) is 309 Å². The van der Waals surface area contributed by atoms with Gasteiger partial charge in [0.05, 0.1) is 38.6 Å². The van der Waals surface area contributed by atoms with Gasteiger partial charge in [-0.1, -0.05) is 286 Å². The summed E-state index contributed by atoms with van der Waals surface area (Å²) in [6.07, 6.45) is 51.0. The van der Waals surface area contributed by atoms with Crippen LogP contribution in [0.5, 0.6) is 0 Å². The van der Waals surface area contributed by atoms with Gasteiger partial charge < -0.3 is 89.9 Å². The monoisotopic (exact) mass is 1410 g/mol. The van der Waals surface area contributed by atoms with Gasteiger partial charge in [0, 0.05) is 6.42 Å². The second kappa shape index (κ2) is 60.7. The summed E-state index contributed by atoms with van der Waals surface area (Å²) in [5.41, 5.74) is 0. The van der Waals surface area contributed by atoms with Crippen LogP contribution < -0.4 is 5.32 Å². The molecule has 0 aromatic heterocycles. The number of hydrogen-bond donors (Lipinski definition) is 12. The fourth-order valence-corrected chi connectivity index (χ4v) is 13.3. The number of aliphatic hydroxyl groups is 11. The van der Waals surface area contributed by atoms with Crippen LogP contribution in [0, 0.1) is 0 Å². The second-order valence-electron chi connectivity index (χ2n) is 28.5. The average Bonchev–Trinajstić information content (AvgIpc) is 0.784. The summed E-state index contributed by atoms with van der Waals surface area (Å²) in [5.74, 6) is -0.286. The van der Waals surface area contributed by atoms with E-state index in [1.807, 2.05) is 6.08 Å². The predicted molar refractivity (Wildman–Crippen MR) is 392 cm³/mol. The number of carbonyl (C=O) groups excluding carboxylic acids is 1. The van der Waals surface area contributed by atoms with E-state index in [-0.39, 0.29) is 18.9 Å². The van der Waals surface area contributed by atoms with Crippen molar-refractivity contribution in [2.75, 3.05) is 26.4 Å². The number of unbranched alkanes of at least 4 members (excludes halogenated alkanes) is 39. The Bertz CT molecular complexity index is 2020. The maximum atomic E-state index is 13.4. The molecule has 19 heteroatoms. The molecule has 17 unspecified atom stereocenters. The fraction of sp³-hybridized carbons (Fsp3) is 0.863. The maximum Gasteiger partial charge on any atom is 0.220 e. The molecule has 12 N–H and O–H groups in total. The first-order chi connectivity index (χ1) is 48.3. The molecule has 0 aromatic rings. The molecule has 0 aromatic carbocycles. The van der Waals surface area contributed by atoms with Gasteiger partial charge in [-0.2, -0.15) is 0 Å². The summed E-state index contributed by atoms with van der Waals surface area (Å²) in [6.45, 7) is 1.70. The number of hydrogen-bond acceptors (Lipinski definition) is 18. The Hall–Kier alpha value is -2.51.